The van der Waals surface area contributed by atoms with Gasteiger partial charge >= 0.3 is 0 Å². The summed E-state index contributed by atoms with van der Waals surface area (Å²) >= 11 is 7.89. The van der Waals surface area contributed by atoms with Crippen LogP contribution in [-0.4, -0.2) is 18.1 Å². The van der Waals surface area contributed by atoms with Crippen molar-refractivity contribution in [1.29, 1.82) is 0 Å². The number of halogens is 1. The molecule has 0 aliphatic heterocycles. The van der Waals surface area contributed by atoms with Gasteiger partial charge in [0.1, 0.15) is 0 Å². The van der Waals surface area contributed by atoms with Crippen LogP contribution in [0.4, 0.5) is 0 Å². The topological polar surface area (TPSA) is 12.0 Å². The van der Waals surface area contributed by atoms with Gasteiger partial charge in [0.2, 0.25) is 0 Å². The number of hydrogen-bond donors (Lipinski definition) is 1. The SMILES string of the molecule is CCC(NCC(C)SC)c1cccc(Cl)c1. The number of rotatable bonds is 6. The van der Waals surface area contributed by atoms with Crippen molar-refractivity contribution in [3.05, 3.63) is 34.9 Å². The summed E-state index contributed by atoms with van der Waals surface area (Å²) in [6, 6.07) is 8.53. The molecule has 0 spiro atoms. The van der Waals surface area contributed by atoms with Gasteiger partial charge in [0.05, 0.1) is 0 Å². The Bertz CT molecular complexity index is 317. The average Bonchev–Trinajstić information content (AvgIpc) is 2.29. The number of hydrogen-bond acceptors (Lipinski definition) is 2. The molecule has 2 atom stereocenters. The zero-order chi connectivity index (χ0) is 12.0. The second-order valence-electron chi connectivity index (χ2n) is 3.97. The fourth-order valence-electron chi connectivity index (χ4n) is 1.61. The Hall–Kier alpha value is -0.180. The van der Waals surface area contributed by atoms with E-state index >= 15 is 0 Å². The maximum Gasteiger partial charge on any atom is 0.0409 e. The van der Waals surface area contributed by atoms with Gasteiger partial charge in [0, 0.05) is 22.9 Å². The molecular formula is C13H20ClNS. The molecule has 0 aliphatic carbocycles. The lowest BCUT2D eigenvalue weighted by atomic mass is 10.0. The summed E-state index contributed by atoms with van der Waals surface area (Å²) in [6.07, 6.45) is 3.23. The van der Waals surface area contributed by atoms with Crippen LogP contribution in [0.25, 0.3) is 0 Å². The van der Waals surface area contributed by atoms with E-state index in [1.54, 1.807) is 0 Å². The summed E-state index contributed by atoms with van der Waals surface area (Å²) in [4.78, 5) is 0. The van der Waals surface area contributed by atoms with Crippen LogP contribution in [0, 0.1) is 0 Å². The highest BCUT2D eigenvalue weighted by Crippen LogP contribution is 2.20. The number of nitrogens with one attached hydrogen (secondary N) is 1. The molecule has 0 aliphatic rings. The van der Waals surface area contributed by atoms with Crippen LogP contribution in [0.3, 0.4) is 0 Å². The first kappa shape index (κ1) is 13.9. The molecule has 0 radical (unpaired) electrons. The van der Waals surface area contributed by atoms with Gasteiger partial charge in [-0.15, -0.1) is 0 Å². The molecule has 1 aromatic rings. The van der Waals surface area contributed by atoms with Crippen molar-refractivity contribution in [3.8, 4) is 0 Å². The minimum absolute atomic E-state index is 0.410. The summed E-state index contributed by atoms with van der Waals surface area (Å²) in [5.74, 6) is 0. The van der Waals surface area contributed by atoms with E-state index in [1.165, 1.54) is 5.56 Å². The standard InChI is InChI=1S/C13H20ClNS/c1-4-13(15-9-10(2)16-3)11-6-5-7-12(14)8-11/h5-8,10,13,15H,4,9H2,1-3H3. The van der Waals surface area contributed by atoms with E-state index in [1.807, 2.05) is 30.0 Å². The first-order valence-electron chi connectivity index (χ1n) is 5.69. The lowest BCUT2D eigenvalue weighted by molar-refractivity contribution is 0.522. The third-order valence-corrected chi connectivity index (χ3v) is 3.92. The lowest BCUT2D eigenvalue weighted by Crippen LogP contribution is -2.27. The molecule has 0 aromatic heterocycles. The molecule has 0 saturated carbocycles. The molecule has 1 N–H and O–H groups in total. The molecular weight excluding hydrogens is 238 g/mol. The van der Waals surface area contributed by atoms with Crippen molar-refractivity contribution in [1.82, 2.24) is 5.32 Å². The normalized spacial score (nSPS) is 14.8. The Morgan fingerprint density at radius 3 is 2.75 bits per heavy atom. The Kier molecular flexibility index (Phi) is 6.25. The largest absolute Gasteiger partial charge is 0.309 e. The van der Waals surface area contributed by atoms with Crippen LogP contribution < -0.4 is 5.32 Å². The zero-order valence-electron chi connectivity index (χ0n) is 10.2. The van der Waals surface area contributed by atoms with E-state index < -0.39 is 0 Å². The van der Waals surface area contributed by atoms with Gasteiger partial charge in [0.15, 0.2) is 0 Å². The van der Waals surface area contributed by atoms with Gasteiger partial charge in [-0.2, -0.15) is 11.8 Å². The summed E-state index contributed by atoms with van der Waals surface area (Å²) in [5, 5.41) is 5.05. The second-order valence-corrected chi connectivity index (χ2v) is 5.68. The van der Waals surface area contributed by atoms with Crippen molar-refractivity contribution < 1.29 is 0 Å². The van der Waals surface area contributed by atoms with E-state index in [0.717, 1.165) is 18.0 Å². The lowest BCUT2D eigenvalue weighted by Gasteiger charge is -2.19. The quantitative estimate of drug-likeness (QED) is 0.822. The van der Waals surface area contributed by atoms with Crippen LogP contribution in [0.15, 0.2) is 24.3 Å². The molecule has 2 unspecified atom stereocenters. The first-order chi connectivity index (χ1) is 7.67. The molecule has 0 saturated heterocycles. The molecule has 0 bridgehead atoms. The van der Waals surface area contributed by atoms with Crippen LogP contribution in [0.1, 0.15) is 31.9 Å². The van der Waals surface area contributed by atoms with Crippen LogP contribution in [0.5, 0.6) is 0 Å². The Balaban J connectivity index is 2.60. The molecule has 90 valence electrons. The average molecular weight is 258 g/mol. The fraction of sp³-hybridized carbons (Fsp3) is 0.538. The monoisotopic (exact) mass is 257 g/mol. The maximum atomic E-state index is 6.00. The summed E-state index contributed by atoms with van der Waals surface area (Å²) in [6.45, 7) is 5.47. The van der Waals surface area contributed by atoms with Crippen LogP contribution in [0.2, 0.25) is 5.02 Å². The van der Waals surface area contributed by atoms with Gasteiger partial charge < -0.3 is 5.32 Å². The van der Waals surface area contributed by atoms with Gasteiger partial charge in [-0.05, 0) is 30.4 Å². The number of thioether (sulfide) groups is 1. The van der Waals surface area contributed by atoms with Gasteiger partial charge in [-0.25, -0.2) is 0 Å². The molecule has 1 rings (SSSR count). The highest BCUT2D eigenvalue weighted by molar-refractivity contribution is 7.99. The van der Waals surface area contributed by atoms with E-state index in [9.17, 15) is 0 Å². The fourth-order valence-corrected chi connectivity index (χ4v) is 2.07. The van der Waals surface area contributed by atoms with Gasteiger partial charge in [-0.1, -0.05) is 37.6 Å². The summed E-state index contributed by atoms with van der Waals surface area (Å²) < 4.78 is 0. The number of benzene rings is 1. The Morgan fingerprint density at radius 2 is 2.19 bits per heavy atom. The second kappa shape index (κ2) is 7.21. The highest BCUT2D eigenvalue weighted by Gasteiger charge is 2.10. The maximum absolute atomic E-state index is 6.00. The minimum atomic E-state index is 0.410. The first-order valence-corrected chi connectivity index (χ1v) is 7.35. The third kappa shape index (κ3) is 4.36. The Labute approximate surface area is 108 Å². The third-order valence-electron chi connectivity index (χ3n) is 2.71. The predicted octanol–water partition coefficient (Wildman–Crippen LogP) is 4.13. The smallest absolute Gasteiger partial charge is 0.0409 e. The van der Waals surface area contributed by atoms with Gasteiger partial charge in [-0.3, -0.25) is 0 Å². The molecule has 0 fully saturated rings. The Morgan fingerprint density at radius 1 is 1.44 bits per heavy atom. The minimum Gasteiger partial charge on any atom is -0.309 e. The van der Waals surface area contributed by atoms with Crippen molar-refractivity contribution in [2.45, 2.75) is 31.6 Å². The molecule has 16 heavy (non-hydrogen) atoms. The molecule has 1 aromatic carbocycles. The highest BCUT2D eigenvalue weighted by atomic mass is 35.5. The van der Waals surface area contributed by atoms with Crippen molar-refractivity contribution in [2.24, 2.45) is 0 Å². The van der Waals surface area contributed by atoms with E-state index in [0.29, 0.717) is 11.3 Å². The molecule has 0 amide bonds. The summed E-state index contributed by atoms with van der Waals surface area (Å²) in [5.41, 5.74) is 1.28. The van der Waals surface area contributed by atoms with E-state index in [-0.39, 0.29) is 0 Å². The van der Waals surface area contributed by atoms with Crippen LogP contribution >= 0.6 is 23.4 Å². The molecule has 3 heteroatoms. The molecule has 1 nitrogen and oxygen atoms in total. The van der Waals surface area contributed by atoms with E-state index in [4.69, 9.17) is 11.6 Å². The van der Waals surface area contributed by atoms with Crippen molar-refractivity contribution >= 4 is 23.4 Å². The van der Waals surface area contributed by atoms with Crippen molar-refractivity contribution in [3.63, 3.8) is 0 Å². The van der Waals surface area contributed by atoms with Crippen molar-refractivity contribution in [2.75, 3.05) is 12.8 Å². The van der Waals surface area contributed by atoms with Gasteiger partial charge in [0.25, 0.3) is 0 Å². The van der Waals surface area contributed by atoms with Crippen LogP contribution in [-0.2, 0) is 0 Å². The predicted molar refractivity (Wildman–Crippen MR) is 75.5 cm³/mol. The molecule has 0 heterocycles. The van der Waals surface area contributed by atoms with E-state index in [2.05, 4.69) is 31.5 Å². The zero-order valence-corrected chi connectivity index (χ0v) is 11.7. The summed E-state index contributed by atoms with van der Waals surface area (Å²) in [7, 11) is 0.